The van der Waals surface area contributed by atoms with Crippen molar-refractivity contribution in [3.8, 4) is 0 Å². The molecule has 1 aromatic rings. The minimum atomic E-state index is -0.425. The van der Waals surface area contributed by atoms with Gasteiger partial charge in [0, 0.05) is 5.56 Å². The predicted molar refractivity (Wildman–Crippen MR) is 62.1 cm³/mol. The van der Waals surface area contributed by atoms with Crippen LogP contribution in [0.5, 0.6) is 0 Å². The van der Waals surface area contributed by atoms with Crippen LogP contribution in [0.3, 0.4) is 0 Å². The molecule has 0 heterocycles. The number of rotatable bonds is 5. The molecule has 0 aromatic heterocycles. The summed E-state index contributed by atoms with van der Waals surface area (Å²) in [5.74, 6) is -0.779. The van der Waals surface area contributed by atoms with Gasteiger partial charge in [0.15, 0.2) is 6.29 Å². The fraction of sp³-hybridized carbons (Fsp3) is 0.231. The van der Waals surface area contributed by atoms with Crippen molar-refractivity contribution in [3.63, 3.8) is 0 Å². The minimum Gasteiger partial charge on any atom is -0.466 e. The van der Waals surface area contributed by atoms with Crippen molar-refractivity contribution in [1.29, 1.82) is 0 Å². The van der Waals surface area contributed by atoms with Crippen LogP contribution in [0.4, 0.5) is 4.39 Å². The molecule has 0 fully saturated rings. The van der Waals surface area contributed by atoms with Crippen LogP contribution in [0.25, 0.3) is 6.08 Å². The summed E-state index contributed by atoms with van der Waals surface area (Å²) in [6, 6.07) is 3.85. The fourth-order valence-corrected chi connectivity index (χ4v) is 1.30. The largest absolute Gasteiger partial charge is 0.466 e. The molecule has 4 heteroatoms. The summed E-state index contributed by atoms with van der Waals surface area (Å²) < 4.78 is 17.7. The summed E-state index contributed by atoms with van der Waals surface area (Å²) >= 11 is 0. The molecule has 3 nitrogen and oxygen atoms in total. The molecule has 0 aliphatic rings. The van der Waals surface area contributed by atoms with Crippen LogP contribution in [0.1, 0.15) is 29.3 Å². The molecule has 0 aliphatic heterocycles. The van der Waals surface area contributed by atoms with E-state index in [0.717, 1.165) is 0 Å². The third kappa shape index (κ3) is 4.18. The van der Waals surface area contributed by atoms with Crippen LogP contribution in [0, 0.1) is 5.82 Å². The Hall–Kier alpha value is -1.97. The third-order valence-electron chi connectivity index (χ3n) is 2.06. The van der Waals surface area contributed by atoms with Gasteiger partial charge in [-0.1, -0.05) is 12.2 Å². The molecule has 90 valence electrons. The van der Waals surface area contributed by atoms with Gasteiger partial charge in [0.05, 0.1) is 13.0 Å². The highest BCUT2D eigenvalue weighted by molar-refractivity contribution is 5.82. The Morgan fingerprint density at radius 1 is 1.41 bits per heavy atom. The van der Waals surface area contributed by atoms with E-state index in [2.05, 4.69) is 0 Å². The molecule has 0 spiro atoms. The standard InChI is InChI=1S/C13H13FO3/c1-2-17-13(16)5-3-4-10-8-12(14)7-6-11(10)9-15/h3-4,6-9H,2,5H2,1H3. The number of esters is 1. The van der Waals surface area contributed by atoms with E-state index in [1.165, 1.54) is 24.3 Å². The second-order valence-electron chi connectivity index (χ2n) is 3.30. The highest BCUT2D eigenvalue weighted by Crippen LogP contribution is 2.11. The first kappa shape index (κ1) is 13.1. The number of ether oxygens (including phenoxy) is 1. The average Bonchev–Trinajstić information content (AvgIpc) is 2.30. The Morgan fingerprint density at radius 2 is 2.18 bits per heavy atom. The van der Waals surface area contributed by atoms with Gasteiger partial charge < -0.3 is 4.74 Å². The maximum Gasteiger partial charge on any atom is 0.309 e. The predicted octanol–water partition coefficient (Wildman–Crippen LogP) is 2.60. The Bertz CT molecular complexity index is 438. The Kier molecular flexibility index (Phi) is 5.07. The van der Waals surface area contributed by atoms with Gasteiger partial charge in [0.1, 0.15) is 5.82 Å². The molecular weight excluding hydrogens is 223 g/mol. The number of carbonyl (C=O) groups is 2. The van der Waals surface area contributed by atoms with Gasteiger partial charge in [-0.2, -0.15) is 0 Å². The van der Waals surface area contributed by atoms with Crippen molar-refractivity contribution in [2.45, 2.75) is 13.3 Å². The van der Waals surface area contributed by atoms with E-state index in [1.54, 1.807) is 13.0 Å². The van der Waals surface area contributed by atoms with E-state index in [1.807, 2.05) is 0 Å². The average molecular weight is 236 g/mol. The molecular formula is C13H13FO3. The molecule has 0 radical (unpaired) electrons. The number of aldehydes is 1. The fourth-order valence-electron chi connectivity index (χ4n) is 1.30. The van der Waals surface area contributed by atoms with Crippen molar-refractivity contribution >= 4 is 18.3 Å². The number of hydrogen-bond acceptors (Lipinski definition) is 3. The molecule has 1 aromatic carbocycles. The van der Waals surface area contributed by atoms with Crippen LogP contribution in [-0.4, -0.2) is 18.9 Å². The zero-order valence-corrected chi connectivity index (χ0v) is 9.48. The van der Waals surface area contributed by atoms with E-state index in [4.69, 9.17) is 4.74 Å². The highest BCUT2D eigenvalue weighted by Gasteiger charge is 2.01. The summed E-state index contributed by atoms with van der Waals surface area (Å²) in [4.78, 5) is 21.7. The smallest absolute Gasteiger partial charge is 0.309 e. The van der Waals surface area contributed by atoms with Crippen molar-refractivity contribution in [1.82, 2.24) is 0 Å². The number of benzene rings is 1. The normalized spacial score (nSPS) is 10.5. The summed E-state index contributed by atoms with van der Waals surface area (Å²) in [6.07, 6.45) is 3.82. The number of hydrogen-bond donors (Lipinski definition) is 0. The number of halogens is 1. The maximum absolute atomic E-state index is 12.9. The van der Waals surface area contributed by atoms with Crippen molar-refractivity contribution in [2.24, 2.45) is 0 Å². The Balaban J connectivity index is 2.73. The Morgan fingerprint density at radius 3 is 2.82 bits per heavy atom. The first-order valence-corrected chi connectivity index (χ1v) is 5.24. The Labute approximate surface area is 98.9 Å². The maximum atomic E-state index is 12.9. The lowest BCUT2D eigenvalue weighted by Gasteiger charge is -1.99. The second-order valence-corrected chi connectivity index (χ2v) is 3.30. The SMILES string of the molecule is CCOC(=O)CC=Cc1cc(F)ccc1C=O. The summed E-state index contributed by atoms with van der Waals surface area (Å²) in [5, 5.41) is 0. The first-order chi connectivity index (χ1) is 8.17. The van der Waals surface area contributed by atoms with E-state index in [9.17, 15) is 14.0 Å². The molecule has 0 atom stereocenters. The molecule has 1 rings (SSSR count). The van der Waals surface area contributed by atoms with E-state index in [-0.39, 0.29) is 12.4 Å². The zero-order valence-electron chi connectivity index (χ0n) is 9.48. The van der Waals surface area contributed by atoms with E-state index >= 15 is 0 Å². The molecule has 0 saturated heterocycles. The van der Waals surface area contributed by atoms with Crippen LogP contribution >= 0.6 is 0 Å². The lowest BCUT2D eigenvalue weighted by molar-refractivity contribution is -0.142. The quantitative estimate of drug-likeness (QED) is 0.583. The monoisotopic (exact) mass is 236 g/mol. The minimum absolute atomic E-state index is 0.0999. The molecule has 0 N–H and O–H groups in total. The van der Waals surface area contributed by atoms with E-state index in [0.29, 0.717) is 24.0 Å². The van der Waals surface area contributed by atoms with Gasteiger partial charge in [-0.15, -0.1) is 0 Å². The van der Waals surface area contributed by atoms with Crippen molar-refractivity contribution in [3.05, 3.63) is 41.2 Å². The third-order valence-corrected chi connectivity index (χ3v) is 2.06. The first-order valence-electron chi connectivity index (χ1n) is 5.24. The lowest BCUT2D eigenvalue weighted by Crippen LogP contribution is -2.01. The number of carbonyl (C=O) groups excluding carboxylic acids is 2. The van der Waals surface area contributed by atoms with Crippen LogP contribution in [-0.2, 0) is 9.53 Å². The summed E-state index contributed by atoms with van der Waals surface area (Å²) in [5.41, 5.74) is 0.829. The summed E-state index contributed by atoms with van der Waals surface area (Å²) in [7, 11) is 0. The van der Waals surface area contributed by atoms with Crippen LogP contribution in [0.2, 0.25) is 0 Å². The molecule has 17 heavy (non-hydrogen) atoms. The van der Waals surface area contributed by atoms with Gasteiger partial charge >= 0.3 is 5.97 Å². The molecule has 0 saturated carbocycles. The van der Waals surface area contributed by atoms with Gasteiger partial charge in [-0.3, -0.25) is 9.59 Å². The second kappa shape index (κ2) is 6.58. The van der Waals surface area contributed by atoms with Crippen LogP contribution in [0.15, 0.2) is 24.3 Å². The van der Waals surface area contributed by atoms with Gasteiger partial charge in [-0.05, 0) is 30.7 Å². The molecule has 0 unspecified atom stereocenters. The molecule has 0 bridgehead atoms. The van der Waals surface area contributed by atoms with E-state index < -0.39 is 5.82 Å². The lowest BCUT2D eigenvalue weighted by atomic mass is 10.1. The molecule has 0 aliphatic carbocycles. The zero-order chi connectivity index (χ0) is 12.7. The molecule has 0 amide bonds. The van der Waals surface area contributed by atoms with Gasteiger partial charge in [-0.25, -0.2) is 4.39 Å². The van der Waals surface area contributed by atoms with Crippen molar-refractivity contribution in [2.75, 3.05) is 6.61 Å². The van der Waals surface area contributed by atoms with Crippen molar-refractivity contribution < 1.29 is 18.7 Å². The highest BCUT2D eigenvalue weighted by atomic mass is 19.1. The van der Waals surface area contributed by atoms with Gasteiger partial charge in [0.25, 0.3) is 0 Å². The van der Waals surface area contributed by atoms with Gasteiger partial charge in [0.2, 0.25) is 0 Å². The topological polar surface area (TPSA) is 43.4 Å². The van der Waals surface area contributed by atoms with Crippen LogP contribution < -0.4 is 0 Å². The summed E-state index contributed by atoms with van der Waals surface area (Å²) in [6.45, 7) is 2.05.